The smallest absolute Gasteiger partial charge is 0.250 e. The largest absolute Gasteiger partial charge is 0.366 e. The van der Waals surface area contributed by atoms with Crippen molar-refractivity contribution in [3.63, 3.8) is 0 Å². The number of amides is 1. The van der Waals surface area contributed by atoms with Gasteiger partial charge in [-0.3, -0.25) is 9.48 Å². The number of nitrogens with two attached hydrogens (primary N) is 1. The Labute approximate surface area is 104 Å². The Kier molecular flexibility index (Phi) is 2.90. The number of rotatable bonds is 2. The van der Waals surface area contributed by atoms with E-state index in [1.807, 2.05) is 20.0 Å². The van der Waals surface area contributed by atoms with Crippen LogP contribution in [0.25, 0.3) is 11.3 Å². The summed E-state index contributed by atoms with van der Waals surface area (Å²) < 4.78 is 1.78. The molecule has 0 bridgehead atoms. The second-order valence-electron chi connectivity index (χ2n) is 3.85. The molecule has 1 amide bonds. The minimum atomic E-state index is -0.529. The number of nitrogens with zero attached hydrogens (tertiary/aromatic N) is 2. The van der Waals surface area contributed by atoms with Crippen molar-refractivity contribution >= 4 is 17.5 Å². The molecule has 0 fully saturated rings. The Morgan fingerprint density at radius 1 is 1.41 bits per heavy atom. The first kappa shape index (κ1) is 11.7. The van der Waals surface area contributed by atoms with E-state index in [1.165, 1.54) is 0 Å². The predicted molar refractivity (Wildman–Crippen MR) is 66.9 cm³/mol. The van der Waals surface area contributed by atoms with Gasteiger partial charge in [0.15, 0.2) is 0 Å². The summed E-state index contributed by atoms with van der Waals surface area (Å²) in [6.45, 7) is 1.97. The SMILES string of the molecule is Cc1cc(-c2ccc(C(N)=O)c(Cl)c2)nn1C. The van der Waals surface area contributed by atoms with Gasteiger partial charge in [0.05, 0.1) is 16.3 Å². The molecule has 5 heteroatoms. The van der Waals surface area contributed by atoms with Crippen molar-refractivity contribution in [1.82, 2.24) is 9.78 Å². The van der Waals surface area contributed by atoms with E-state index in [4.69, 9.17) is 17.3 Å². The highest BCUT2D eigenvalue weighted by molar-refractivity contribution is 6.34. The highest BCUT2D eigenvalue weighted by Crippen LogP contribution is 2.25. The van der Waals surface area contributed by atoms with E-state index in [0.717, 1.165) is 17.0 Å². The molecule has 0 radical (unpaired) electrons. The summed E-state index contributed by atoms with van der Waals surface area (Å²) in [7, 11) is 1.87. The van der Waals surface area contributed by atoms with Gasteiger partial charge in [-0.2, -0.15) is 5.10 Å². The Morgan fingerprint density at radius 2 is 2.12 bits per heavy atom. The zero-order valence-corrected chi connectivity index (χ0v) is 10.3. The molecular formula is C12H12ClN3O. The molecule has 0 aliphatic heterocycles. The van der Waals surface area contributed by atoms with Crippen molar-refractivity contribution in [3.05, 3.63) is 40.5 Å². The lowest BCUT2D eigenvalue weighted by molar-refractivity contribution is 0.100. The van der Waals surface area contributed by atoms with Gasteiger partial charge < -0.3 is 5.73 Å². The lowest BCUT2D eigenvalue weighted by atomic mass is 10.1. The summed E-state index contributed by atoms with van der Waals surface area (Å²) >= 11 is 5.99. The van der Waals surface area contributed by atoms with Crippen molar-refractivity contribution in [3.8, 4) is 11.3 Å². The zero-order valence-electron chi connectivity index (χ0n) is 9.57. The number of aromatic nitrogens is 2. The summed E-state index contributed by atoms with van der Waals surface area (Å²) in [5.74, 6) is -0.529. The zero-order chi connectivity index (χ0) is 12.6. The van der Waals surface area contributed by atoms with E-state index in [2.05, 4.69) is 5.10 Å². The Balaban J connectivity index is 2.47. The Bertz CT molecular complexity index is 570. The number of hydrogen-bond acceptors (Lipinski definition) is 2. The van der Waals surface area contributed by atoms with Crippen LogP contribution in [-0.4, -0.2) is 15.7 Å². The molecule has 0 aliphatic rings. The third-order valence-electron chi connectivity index (χ3n) is 2.64. The number of halogens is 1. The Hall–Kier alpha value is -1.81. The van der Waals surface area contributed by atoms with Crippen molar-refractivity contribution < 1.29 is 4.79 Å². The van der Waals surface area contributed by atoms with Gasteiger partial charge in [-0.25, -0.2) is 0 Å². The molecule has 0 saturated carbocycles. The third-order valence-corrected chi connectivity index (χ3v) is 2.96. The molecule has 4 nitrogen and oxygen atoms in total. The molecule has 2 N–H and O–H groups in total. The molecule has 0 aliphatic carbocycles. The second-order valence-corrected chi connectivity index (χ2v) is 4.26. The molecule has 0 unspecified atom stereocenters. The molecule has 2 rings (SSSR count). The van der Waals surface area contributed by atoms with Crippen LogP contribution < -0.4 is 5.73 Å². The van der Waals surface area contributed by atoms with Gasteiger partial charge in [-0.1, -0.05) is 17.7 Å². The van der Waals surface area contributed by atoms with Crippen LogP contribution in [0.2, 0.25) is 5.02 Å². The summed E-state index contributed by atoms with van der Waals surface area (Å²) in [5, 5.41) is 4.68. The normalized spacial score (nSPS) is 10.5. The van der Waals surface area contributed by atoms with Gasteiger partial charge in [-0.15, -0.1) is 0 Å². The minimum Gasteiger partial charge on any atom is -0.366 e. The molecule has 0 spiro atoms. The van der Waals surface area contributed by atoms with Gasteiger partial charge >= 0.3 is 0 Å². The van der Waals surface area contributed by atoms with Crippen molar-refractivity contribution in [2.45, 2.75) is 6.92 Å². The average Bonchev–Trinajstić information content (AvgIpc) is 2.58. The lowest BCUT2D eigenvalue weighted by Gasteiger charge is -2.02. The first-order chi connectivity index (χ1) is 7.99. The first-order valence-corrected chi connectivity index (χ1v) is 5.47. The molecule has 1 heterocycles. The maximum Gasteiger partial charge on any atom is 0.250 e. The van der Waals surface area contributed by atoms with E-state index in [0.29, 0.717) is 10.6 Å². The highest BCUT2D eigenvalue weighted by atomic mass is 35.5. The number of aryl methyl sites for hydroxylation is 2. The topological polar surface area (TPSA) is 60.9 Å². The van der Waals surface area contributed by atoms with E-state index in [1.54, 1.807) is 22.9 Å². The Morgan fingerprint density at radius 3 is 2.59 bits per heavy atom. The quantitative estimate of drug-likeness (QED) is 0.887. The molecule has 1 aromatic carbocycles. The van der Waals surface area contributed by atoms with Crippen LogP contribution in [-0.2, 0) is 7.05 Å². The van der Waals surface area contributed by atoms with Gasteiger partial charge in [0, 0.05) is 18.3 Å². The molecule has 88 valence electrons. The number of hydrogen-bond donors (Lipinski definition) is 1. The predicted octanol–water partition coefficient (Wildman–Crippen LogP) is 2.15. The van der Waals surface area contributed by atoms with Crippen LogP contribution in [0.4, 0.5) is 0 Å². The summed E-state index contributed by atoms with van der Waals surface area (Å²) in [4.78, 5) is 11.0. The van der Waals surface area contributed by atoms with Crippen LogP contribution in [0.1, 0.15) is 16.1 Å². The van der Waals surface area contributed by atoms with Crippen LogP contribution in [0, 0.1) is 6.92 Å². The van der Waals surface area contributed by atoms with Gasteiger partial charge in [0.2, 0.25) is 5.91 Å². The first-order valence-electron chi connectivity index (χ1n) is 5.09. The van der Waals surface area contributed by atoms with E-state index in [-0.39, 0.29) is 0 Å². The van der Waals surface area contributed by atoms with Crippen molar-refractivity contribution in [1.29, 1.82) is 0 Å². The summed E-state index contributed by atoms with van der Waals surface area (Å²) in [5.41, 5.74) is 8.25. The molecule has 0 saturated heterocycles. The van der Waals surface area contributed by atoms with Crippen molar-refractivity contribution in [2.75, 3.05) is 0 Å². The van der Waals surface area contributed by atoms with Crippen LogP contribution in [0.3, 0.4) is 0 Å². The van der Waals surface area contributed by atoms with E-state index >= 15 is 0 Å². The van der Waals surface area contributed by atoms with Crippen LogP contribution in [0.5, 0.6) is 0 Å². The molecule has 17 heavy (non-hydrogen) atoms. The molecule has 1 aromatic heterocycles. The molecule has 2 aromatic rings. The maximum atomic E-state index is 11.0. The fourth-order valence-electron chi connectivity index (χ4n) is 1.58. The van der Waals surface area contributed by atoms with Gasteiger partial charge in [0.1, 0.15) is 0 Å². The van der Waals surface area contributed by atoms with Crippen molar-refractivity contribution in [2.24, 2.45) is 12.8 Å². The number of carbonyl (C=O) groups excluding carboxylic acids is 1. The summed E-state index contributed by atoms with van der Waals surface area (Å²) in [6, 6.07) is 7.05. The molecular weight excluding hydrogens is 238 g/mol. The standard InChI is InChI=1S/C12H12ClN3O/c1-7-5-11(15-16(7)2)8-3-4-9(12(14)17)10(13)6-8/h3-6H,1-2H3,(H2,14,17). The maximum absolute atomic E-state index is 11.0. The highest BCUT2D eigenvalue weighted by Gasteiger charge is 2.10. The monoisotopic (exact) mass is 249 g/mol. The van der Waals surface area contributed by atoms with E-state index < -0.39 is 5.91 Å². The van der Waals surface area contributed by atoms with Gasteiger partial charge in [0.25, 0.3) is 0 Å². The lowest BCUT2D eigenvalue weighted by Crippen LogP contribution is -2.11. The fraction of sp³-hybridized carbons (Fsp3) is 0.167. The van der Waals surface area contributed by atoms with E-state index in [9.17, 15) is 4.79 Å². The second kappa shape index (κ2) is 4.22. The fourth-order valence-corrected chi connectivity index (χ4v) is 1.85. The minimum absolute atomic E-state index is 0.322. The van der Waals surface area contributed by atoms with Gasteiger partial charge in [-0.05, 0) is 25.1 Å². The average molecular weight is 250 g/mol. The third kappa shape index (κ3) is 2.17. The number of carbonyl (C=O) groups is 1. The summed E-state index contributed by atoms with van der Waals surface area (Å²) in [6.07, 6.45) is 0. The molecule has 0 atom stereocenters. The van der Waals surface area contributed by atoms with Crippen LogP contribution >= 0.6 is 11.6 Å². The van der Waals surface area contributed by atoms with Crippen LogP contribution in [0.15, 0.2) is 24.3 Å². The number of primary amides is 1. The number of benzene rings is 1.